The molecular formula is C70H49NS. The Morgan fingerprint density at radius 3 is 1.58 bits per heavy atom. The van der Waals surface area contributed by atoms with Gasteiger partial charge in [-0.15, -0.1) is 11.3 Å². The molecule has 0 unspecified atom stereocenters. The van der Waals surface area contributed by atoms with Crippen LogP contribution in [0.1, 0.15) is 47.2 Å². The van der Waals surface area contributed by atoms with Gasteiger partial charge >= 0.3 is 0 Å². The molecule has 1 nitrogen and oxygen atoms in total. The molecule has 72 heavy (non-hydrogen) atoms. The predicted molar refractivity (Wildman–Crippen MR) is 305 cm³/mol. The van der Waals surface area contributed by atoms with Gasteiger partial charge in [0.2, 0.25) is 0 Å². The Morgan fingerprint density at radius 2 is 0.833 bits per heavy atom. The Bertz CT molecular complexity index is 4010. The smallest absolute Gasteiger partial charge is 0.0713 e. The van der Waals surface area contributed by atoms with Crippen molar-refractivity contribution >= 4 is 48.6 Å². The highest BCUT2D eigenvalue weighted by Crippen LogP contribution is 2.59. The zero-order valence-electron chi connectivity index (χ0n) is 40.2. The van der Waals surface area contributed by atoms with Crippen molar-refractivity contribution in [1.29, 1.82) is 0 Å². The molecule has 0 N–H and O–H groups in total. The topological polar surface area (TPSA) is 3.24 Å². The summed E-state index contributed by atoms with van der Waals surface area (Å²) in [5.74, 6) is 0. The number of thiophene rings is 1. The van der Waals surface area contributed by atoms with Crippen LogP contribution < -0.4 is 4.90 Å². The van der Waals surface area contributed by atoms with Gasteiger partial charge in [0.1, 0.15) is 0 Å². The summed E-state index contributed by atoms with van der Waals surface area (Å²) in [4.78, 5) is 2.54. The van der Waals surface area contributed by atoms with Crippen molar-refractivity contribution in [2.24, 2.45) is 0 Å². The lowest BCUT2D eigenvalue weighted by atomic mass is 9.68. The molecule has 0 radical (unpaired) electrons. The van der Waals surface area contributed by atoms with Crippen LogP contribution in [0.3, 0.4) is 0 Å². The van der Waals surface area contributed by atoms with Crippen LogP contribution in [0, 0.1) is 0 Å². The van der Waals surface area contributed by atoms with E-state index in [1.807, 2.05) is 11.3 Å². The van der Waals surface area contributed by atoms with Crippen LogP contribution in [0.2, 0.25) is 0 Å². The fourth-order valence-electron chi connectivity index (χ4n) is 12.6. The van der Waals surface area contributed by atoms with Crippen molar-refractivity contribution in [2.45, 2.75) is 24.7 Å². The number of rotatable bonds is 8. The van der Waals surface area contributed by atoms with E-state index in [-0.39, 0.29) is 5.41 Å². The van der Waals surface area contributed by atoms with Gasteiger partial charge in [0.25, 0.3) is 0 Å². The third-order valence-corrected chi connectivity index (χ3v) is 16.9. The van der Waals surface area contributed by atoms with E-state index >= 15 is 0 Å². The molecule has 1 heterocycles. The highest BCUT2D eigenvalue weighted by molar-refractivity contribution is 7.25. The quantitative estimate of drug-likeness (QED) is 0.147. The molecule has 14 rings (SSSR count). The van der Waals surface area contributed by atoms with Crippen molar-refractivity contribution in [2.75, 3.05) is 4.90 Å². The molecule has 340 valence electrons. The Morgan fingerprint density at radius 1 is 0.319 bits per heavy atom. The highest BCUT2D eigenvalue weighted by atomic mass is 32.1. The van der Waals surface area contributed by atoms with Gasteiger partial charge in [0.05, 0.1) is 11.1 Å². The minimum absolute atomic E-state index is 0.141. The largest absolute Gasteiger partial charge is 0.310 e. The van der Waals surface area contributed by atoms with E-state index in [2.05, 4.69) is 280 Å². The van der Waals surface area contributed by atoms with Crippen molar-refractivity contribution in [3.8, 4) is 55.6 Å². The first kappa shape index (κ1) is 42.3. The summed E-state index contributed by atoms with van der Waals surface area (Å²) in [5.41, 5.74) is 22.9. The van der Waals surface area contributed by atoms with Crippen LogP contribution in [0.15, 0.2) is 261 Å². The first-order valence-corrected chi connectivity index (χ1v) is 25.9. The van der Waals surface area contributed by atoms with Gasteiger partial charge in [0, 0.05) is 42.5 Å². The highest BCUT2D eigenvalue weighted by Gasteiger charge is 2.46. The van der Waals surface area contributed by atoms with Gasteiger partial charge in [-0.25, -0.2) is 0 Å². The molecule has 11 aromatic carbocycles. The van der Waals surface area contributed by atoms with Crippen LogP contribution in [0.4, 0.5) is 17.1 Å². The van der Waals surface area contributed by atoms with Crippen LogP contribution in [-0.2, 0) is 10.8 Å². The number of anilines is 3. The zero-order valence-corrected chi connectivity index (χ0v) is 41.0. The van der Waals surface area contributed by atoms with E-state index in [9.17, 15) is 0 Å². The standard InChI is InChI=1S/C70H49NS/c1-69(2)60-31-15-13-28-58(60)68-57(29-18-33-63(68)69)56-30-19-34-64(67(56)48-38-36-47(37-39-48)46-20-6-3-7-21-46)71(52-40-42-55-54-27-14-17-35-65(54)72-66(55)45-52)51-41-43-62-59(44-51)53-26-12-16-32-61(53)70(62,49-22-8-4-9-23-49)50-24-10-5-11-25-50/h3-45H,1-2H3. The van der Waals surface area contributed by atoms with E-state index in [1.165, 1.54) is 104 Å². The lowest BCUT2D eigenvalue weighted by Gasteiger charge is -2.34. The molecule has 0 bridgehead atoms. The Balaban J connectivity index is 1.06. The van der Waals surface area contributed by atoms with Crippen molar-refractivity contribution < 1.29 is 0 Å². The molecule has 12 aromatic rings. The van der Waals surface area contributed by atoms with Crippen molar-refractivity contribution in [1.82, 2.24) is 0 Å². The molecule has 0 amide bonds. The summed E-state index contributed by atoms with van der Waals surface area (Å²) in [6, 6.07) is 97.5. The normalized spacial score (nSPS) is 13.6. The SMILES string of the molecule is CC1(C)c2ccccc2-c2c(-c3cccc(N(c4ccc5c(c4)-c4ccccc4C5(c4ccccc4)c4ccccc4)c4ccc5c(c4)sc4ccccc45)c3-c3ccc(-c4ccccc4)cc3)cccc21. The van der Waals surface area contributed by atoms with Gasteiger partial charge in [-0.1, -0.05) is 238 Å². The Labute approximate surface area is 425 Å². The lowest BCUT2D eigenvalue weighted by Crippen LogP contribution is -2.28. The average Bonchev–Trinajstić information content (AvgIpc) is 4.05. The van der Waals surface area contributed by atoms with Gasteiger partial charge < -0.3 is 4.90 Å². The van der Waals surface area contributed by atoms with E-state index < -0.39 is 5.41 Å². The summed E-state index contributed by atoms with van der Waals surface area (Å²) >= 11 is 1.87. The van der Waals surface area contributed by atoms with E-state index in [0.717, 1.165) is 22.6 Å². The van der Waals surface area contributed by atoms with Gasteiger partial charge in [-0.05, 0) is 120 Å². The minimum atomic E-state index is -0.503. The minimum Gasteiger partial charge on any atom is -0.310 e. The maximum Gasteiger partial charge on any atom is 0.0713 e. The van der Waals surface area contributed by atoms with Crippen LogP contribution in [-0.4, -0.2) is 0 Å². The summed E-state index contributed by atoms with van der Waals surface area (Å²) < 4.78 is 2.56. The predicted octanol–water partition coefficient (Wildman–Crippen LogP) is 19.2. The van der Waals surface area contributed by atoms with Gasteiger partial charge in [0.15, 0.2) is 0 Å². The lowest BCUT2D eigenvalue weighted by molar-refractivity contribution is 0.660. The first-order valence-electron chi connectivity index (χ1n) is 25.1. The summed E-state index contributed by atoms with van der Waals surface area (Å²) in [7, 11) is 0. The molecule has 0 fully saturated rings. The first-order chi connectivity index (χ1) is 35.5. The Kier molecular flexibility index (Phi) is 9.71. The maximum atomic E-state index is 2.54. The molecule has 2 heteroatoms. The van der Waals surface area contributed by atoms with Crippen LogP contribution in [0.5, 0.6) is 0 Å². The molecule has 0 saturated heterocycles. The second-order valence-electron chi connectivity index (χ2n) is 19.9. The fraction of sp³-hybridized carbons (Fsp3) is 0.0571. The second kappa shape index (κ2) is 16.5. The Hall–Kier alpha value is -8.56. The molecule has 1 aromatic heterocycles. The molecule has 0 atom stereocenters. The fourth-order valence-corrected chi connectivity index (χ4v) is 13.7. The van der Waals surface area contributed by atoms with E-state index in [0.29, 0.717) is 0 Å². The number of fused-ring (bicyclic) bond motifs is 9. The second-order valence-corrected chi connectivity index (χ2v) is 21.0. The zero-order chi connectivity index (χ0) is 48.0. The van der Waals surface area contributed by atoms with E-state index in [1.54, 1.807) is 0 Å². The average molecular weight is 936 g/mol. The molecule has 0 saturated carbocycles. The number of hydrogen-bond acceptors (Lipinski definition) is 2. The maximum absolute atomic E-state index is 2.54. The summed E-state index contributed by atoms with van der Waals surface area (Å²) in [6.45, 7) is 4.76. The molecule has 2 aliphatic rings. The van der Waals surface area contributed by atoms with Crippen molar-refractivity contribution in [3.63, 3.8) is 0 Å². The number of nitrogens with zero attached hydrogens (tertiary/aromatic N) is 1. The van der Waals surface area contributed by atoms with Crippen LogP contribution in [0.25, 0.3) is 75.8 Å². The third kappa shape index (κ3) is 6.32. The summed E-state index contributed by atoms with van der Waals surface area (Å²) in [6.07, 6.45) is 0. The van der Waals surface area contributed by atoms with Gasteiger partial charge in [-0.2, -0.15) is 0 Å². The number of benzene rings is 11. The van der Waals surface area contributed by atoms with Gasteiger partial charge in [-0.3, -0.25) is 0 Å². The molecule has 0 aliphatic heterocycles. The van der Waals surface area contributed by atoms with Crippen LogP contribution >= 0.6 is 11.3 Å². The molecule has 0 spiro atoms. The summed E-state index contributed by atoms with van der Waals surface area (Å²) in [5, 5.41) is 2.58. The van der Waals surface area contributed by atoms with E-state index in [4.69, 9.17) is 0 Å². The molecular weight excluding hydrogens is 887 g/mol. The third-order valence-electron chi connectivity index (χ3n) is 15.8. The monoisotopic (exact) mass is 935 g/mol. The number of hydrogen-bond donors (Lipinski definition) is 0. The van der Waals surface area contributed by atoms with Crippen molar-refractivity contribution in [3.05, 3.63) is 294 Å². The molecule has 2 aliphatic carbocycles.